The third-order valence-electron chi connectivity index (χ3n) is 4.37. The van der Waals surface area contributed by atoms with Crippen LogP contribution < -0.4 is 11.1 Å². The minimum Gasteiger partial charge on any atom is -0.431 e. The van der Waals surface area contributed by atoms with Crippen LogP contribution in [0.1, 0.15) is 26.5 Å². The van der Waals surface area contributed by atoms with Crippen molar-refractivity contribution >= 4 is 57.9 Å². The van der Waals surface area contributed by atoms with Gasteiger partial charge in [-0.15, -0.1) is 23.1 Å². The molecule has 13 nitrogen and oxygen atoms in total. The first-order valence-electron chi connectivity index (χ1n) is 9.98. The maximum Gasteiger partial charge on any atom is 0.511 e. The number of nitrogens with two attached hydrogens (primary N) is 1. The van der Waals surface area contributed by atoms with Gasteiger partial charge in [0.25, 0.3) is 11.8 Å². The second-order valence-electron chi connectivity index (χ2n) is 7.17. The molecule has 3 rings (SSSR count). The molecule has 1 aromatic rings. The molecule has 1 fully saturated rings. The number of nitrogens with zero attached hydrogens (tertiary/aromatic N) is 3. The van der Waals surface area contributed by atoms with E-state index < -0.39 is 47.7 Å². The Balaban J connectivity index is 1.62. The molecule has 184 valence electrons. The molecule has 0 bridgehead atoms. The monoisotopic (exact) mass is 513 g/mol. The van der Waals surface area contributed by atoms with Crippen LogP contribution in [0.2, 0.25) is 0 Å². The quantitative estimate of drug-likeness (QED) is 0.166. The number of esters is 1. The summed E-state index contributed by atoms with van der Waals surface area (Å²) < 4.78 is 14.8. The zero-order valence-corrected chi connectivity index (χ0v) is 20.3. The molecular formula is C19H23N5O8S2. The Hall–Kier alpha value is -3.33. The molecule has 3 unspecified atom stereocenters. The van der Waals surface area contributed by atoms with Crippen LogP contribution in [0, 0.1) is 0 Å². The minimum absolute atomic E-state index is 0.00928. The zero-order chi connectivity index (χ0) is 25.0. The molecule has 0 radical (unpaired) electrons. The summed E-state index contributed by atoms with van der Waals surface area (Å²) >= 11 is 2.47. The Morgan fingerprint density at radius 2 is 2.00 bits per heavy atom. The topological polar surface area (TPSA) is 172 Å². The third kappa shape index (κ3) is 5.59. The van der Waals surface area contributed by atoms with Crippen LogP contribution in [0.15, 0.2) is 22.3 Å². The number of aromatic nitrogens is 1. The Morgan fingerprint density at radius 1 is 1.26 bits per heavy atom. The number of hydrogen-bond donors (Lipinski definition) is 2. The smallest absolute Gasteiger partial charge is 0.431 e. The van der Waals surface area contributed by atoms with Gasteiger partial charge in [-0.25, -0.2) is 14.6 Å². The molecule has 1 saturated heterocycles. The van der Waals surface area contributed by atoms with Gasteiger partial charge in [-0.1, -0.05) is 5.16 Å². The molecule has 0 aliphatic carbocycles. The number of hydrogen-bond acceptors (Lipinski definition) is 13. The lowest BCUT2D eigenvalue weighted by molar-refractivity contribution is -0.169. The highest BCUT2D eigenvalue weighted by molar-refractivity contribution is 8.00. The van der Waals surface area contributed by atoms with E-state index in [1.54, 1.807) is 13.8 Å². The number of anilines is 1. The van der Waals surface area contributed by atoms with Crippen LogP contribution in [0.5, 0.6) is 0 Å². The van der Waals surface area contributed by atoms with Gasteiger partial charge in [0.2, 0.25) is 6.29 Å². The first-order valence-corrected chi connectivity index (χ1v) is 11.9. The molecule has 3 heterocycles. The van der Waals surface area contributed by atoms with Gasteiger partial charge >= 0.3 is 12.1 Å². The van der Waals surface area contributed by atoms with E-state index in [9.17, 15) is 19.2 Å². The van der Waals surface area contributed by atoms with Crippen molar-refractivity contribution in [1.82, 2.24) is 15.2 Å². The number of fused-ring (bicyclic) bond motifs is 1. The Bertz CT molecular complexity index is 1040. The number of rotatable bonds is 8. The molecule has 34 heavy (non-hydrogen) atoms. The van der Waals surface area contributed by atoms with Crippen molar-refractivity contribution in [2.24, 2.45) is 5.16 Å². The fraction of sp³-hybridized carbons (Fsp3) is 0.474. The fourth-order valence-corrected chi connectivity index (χ4v) is 4.76. The van der Waals surface area contributed by atoms with Crippen molar-refractivity contribution in [3.05, 3.63) is 22.8 Å². The van der Waals surface area contributed by atoms with E-state index in [2.05, 4.69) is 15.5 Å². The van der Waals surface area contributed by atoms with Crippen LogP contribution in [0.25, 0.3) is 0 Å². The molecule has 2 aliphatic rings. The van der Waals surface area contributed by atoms with Crippen molar-refractivity contribution < 1.29 is 38.2 Å². The van der Waals surface area contributed by atoms with E-state index in [4.69, 9.17) is 24.8 Å². The lowest BCUT2D eigenvalue weighted by atomic mass is 10.0. The Labute approximate surface area is 202 Å². The van der Waals surface area contributed by atoms with Gasteiger partial charge in [-0.3, -0.25) is 14.5 Å². The lowest BCUT2D eigenvalue weighted by Crippen LogP contribution is -2.70. The molecule has 2 aliphatic heterocycles. The number of nitrogens with one attached hydrogen (secondary N) is 1. The molecular weight excluding hydrogens is 490 g/mol. The normalized spacial score (nSPS) is 20.5. The zero-order valence-electron chi connectivity index (χ0n) is 18.7. The predicted molar refractivity (Wildman–Crippen MR) is 121 cm³/mol. The SMILES string of the molecule is CO/N=C(/C(=O)NC1C(=O)N2C(C(=O)OC(C)OC(=O)OC(C)C)=CCSC12)c1csc(N)n1. The van der Waals surface area contributed by atoms with E-state index in [0.29, 0.717) is 5.75 Å². The number of thioether (sulfide) groups is 1. The lowest BCUT2D eigenvalue weighted by Gasteiger charge is -2.48. The summed E-state index contributed by atoms with van der Waals surface area (Å²) in [4.78, 5) is 59.7. The fourth-order valence-electron chi connectivity index (χ4n) is 3.02. The number of carbonyl (C=O) groups is 4. The first kappa shape index (κ1) is 25.3. The van der Waals surface area contributed by atoms with Crippen LogP contribution in [-0.4, -0.2) is 76.2 Å². The maximum absolute atomic E-state index is 12.8. The number of carbonyl (C=O) groups excluding carboxylic acids is 4. The highest BCUT2D eigenvalue weighted by atomic mass is 32.2. The summed E-state index contributed by atoms with van der Waals surface area (Å²) in [5.74, 6) is -1.67. The van der Waals surface area contributed by atoms with E-state index in [1.165, 1.54) is 42.2 Å². The van der Waals surface area contributed by atoms with Crippen LogP contribution in [0.4, 0.5) is 9.93 Å². The average Bonchev–Trinajstić information content (AvgIpc) is 3.19. The number of oxime groups is 1. The van der Waals surface area contributed by atoms with Crippen molar-refractivity contribution in [3.63, 3.8) is 0 Å². The highest BCUT2D eigenvalue weighted by Gasteiger charge is 2.53. The van der Waals surface area contributed by atoms with E-state index >= 15 is 0 Å². The summed E-state index contributed by atoms with van der Waals surface area (Å²) in [5, 5.41) is 7.52. The van der Waals surface area contributed by atoms with Crippen LogP contribution in [-0.2, 0) is 33.4 Å². The number of thiazole rings is 1. The molecule has 3 N–H and O–H groups in total. The average molecular weight is 514 g/mol. The number of amides is 2. The Kier molecular flexibility index (Phi) is 7.98. The van der Waals surface area contributed by atoms with E-state index in [-0.39, 0.29) is 22.2 Å². The van der Waals surface area contributed by atoms with Gasteiger partial charge in [0.05, 0.1) is 6.10 Å². The van der Waals surface area contributed by atoms with Gasteiger partial charge in [-0.05, 0) is 19.9 Å². The summed E-state index contributed by atoms with van der Waals surface area (Å²) in [6.45, 7) is 4.63. The number of ether oxygens (including phenoxy) is 3. The largest absolute Gasteiger partial charge is 0.511 e. The van der Waals surface area contributed by atoms with Crippen LogP contribution >= 0.6 is 23.1 Å². The number of nitrogen functional groups attached to an aromatic ring is 1. The molecule has 0 saturated carbocycles. The minimum atomic E-state index is -1.24. The van der Waals surface area contributed by atoms with Gasteiger partial charge in [-0.2, -0.15) is 0 Å². The summed E-state index contributed by atoms with van der Waals surface area (Å²) in [7, 11) is 1.27. The molecule has 2 amide bonds. The highest BCUT2D eigenvalue weighted by Crippen LogP contribution is 2.38. The van der Waals surface area contributed by atoms with Gasteiger partial charge in [0.1, 0.15) is 29.9 Å². The molecule has 0 spiro atoms. The second-order valence-corrected chi connectivity index (χ2v) is 9.21. The maximum atomic E-state index is 12.8. The van der Waals surface area contributed by atoms with Gasteiger partial charge in [0, 0.05) is 18.1 Å². The predicted octanol–water partition coefficient (Wildman–Crippen LogP) is 0.810. The second kappa shape index (κ2) is 10.7. The summed E-state index contributed by atoms with van der Waals surface area (Å²) in [6.07, 6.45) is -1.10. The standard InChI is InChI=1S/C19H23N5O8S2/c1-8(2)30-19(28)32-9(3)31-17(27)11-5-6-33-16-13(15(26)24(11)16)22-14(25)12(23-29-4)10-7-34-18(20)21-10/h5,7-9,13,16H,6H2,1-4H3,(H2,20,21)(H,22,25)/b23-12+. The van der Waals surface area contributed by atoms with E-state index in [1.807, 2.05) is 0 Å². The Morgan fingerprint density at radius 3 is 2.62 bits per heavy atom. The number of β-lactam (4-membered cyclic amide) rings is 1. The van der Waals surface area contributed by atoms with E-state index in [0.717, 1.165) is 11.3 Å². The van der Waals surface area contributed by atoms with Crippen LogP contribution in [0.3, 0.4) is 0 Å². The molecule has 3 atom stereocenters. The van der Waals surface area contributed by atoms with Gasteiger partial charge < -0.3 is 30.1 Å². The molecule has 1 aromatic heterocycles. The molecule has 0 aromatic carbocycles. The van der Waals surface area contributed by atoms with Crippen molar-refractivity contribution in [1.29, 1.82) is 0 Å². The summed E-state index contributed by atoms with van der Waals surface area (Å²) in [5.41, 5.74) is 5.67. The van der Waals surface area contributed by atoms with Crippen molar-refractivity contribution in [2.75, 3.05) is 18.6 Å². The van der Waals surface area contributed by atoms with Crippen molar-refractivity contribution in [3.8, 4) is 0 Å². The molecule has 15 heteroatoms. The first-order chi connectivity index (χ1) is 16.1. The van der Waals surface area contributed by atoms with Crippen molar-refractivity contribution in [2.45, 2.75) is 44.6 Å². The van der Waals surface area contributed by atoms with Gasteiger partial charge in [0.15, 0.2) is 10.8 Å². The summed E-state index contributed by atoms with van der Waals surface area (Å²) in [6, 6.07) is -0.915. The third-order valence-corrected chi connectivity index (χ3v) is 6.23.